The third kappa shape index (κ3) is 5.43. The van der Waals surface area contributed by atoms with E-state index in [2.05, 4.69) is 46.7 Å². The number of carbonyl (C=O) groups excluding carboxylic acids is 1. The number of carbonyl (C=O) groups is 1. The molecule has 1 aliphatic carbocycles. The van der Waals surface area contributed by atoms with E-state index in [1.165, 1.54) is 35.3 Å². The Balaban J connectivity index is 0.00000245. The van der Waals surface area contributed by atoms with E-state index in [1.807, 2.05) is 42.5 Å². The standard InChI is InChI=1S/C26H21N2O2S.Na/c29-26(30-16-18-4-2-1-3-5-18)28-25-24(27-17-31-25)23-14-12-22(13-15-23)21-10-8-20(9-11-21)19-6-7-19;/h1-5,8-15,17H,6-7,16H2,(H,28,29);/q-1;+1. The van der Waals surface area contributed by atoms with Crippen LogP contribution in [0, 0.1) is 5.92 Å². The minimum atomic E-state index is -0.486. The first-order valence-corrected chi connectivity index (χ1v) is 11.1. The van der Waals surface area contributed by atoms with E-state index in [0.717, 1.165) is 22.4 Å². The van der Waals surface area contributed by atoms with Crippen molar-refractivity contribution in [2.45, 2.75) is 19.4 Å². The maximum absolute atomic E-state index is 12.2. The van der Waals surface area contributed by atoms with Gasteiger partial charge in [0.2, 0.25) is 0 Å². The molecular weight excluding hydrogens is 427 g/mol. The zero-order valence-electron chi connectivity index (χ0n) is 17.9. The smallest absolute Gasteiger partial charge is 0.444 e. The Morgan fingerprint density at radius 1 is 0.906 bits per heavy atom. The molecular formula is C26H21N2NaO2S. The summed E-state index contributed by atoms with van der Waals surface area (Å²) in [6, 6.07) is 26.6. The van der Waals surface area contributed by atoms with Gasteiger partial charge in [0.05, 0.1) is 5.51 Å². The fraction of sp³-hybridized carbons (Fsp3) is 0.115. The Bertz CT molecular complexity index is 1170. The summed E-state index contributed by atoms with van der Waals surface area (Å²) in [6.45, 7) is 0.230. The van der Waals surface area contributed by atoms with Crippen molar-refractivity contribution in [3.8, 4) is 22.4 Å². The molecule has 0 atom stereocenters. The molecule has 0 bridgehead atoms. The molecule has 0 radical (unpaired) electrons. The molecule has 0 aliphatic heterocycles. The number of aromatic nitrogens is 1. The van der Waals surface area contributed by atoms with Crippen molar-refractivity contribution in [1.29, 1.82) is 0 Å². The molecule has 1 aliphatic rings. The molecule has 1 heterocycles. The number of thiazole rings is 1. The van der Waals surface area contributed by atoms with Gasteiger partial charge in [-0.1, -0.05) is 67.4 Å². The number of hydrogen-bond donors (Lipinski definition) is 1. The molecule has 0 spiro atoms. The quantitative estimate of drug-likeness (QED) is 0.359. The number of ether oxygens (including phenoxy) is 1. The van der Waals surface area contributed by atoms with Gasteiger partial charge in [0, 0.05) is 5.56 Å². The Morgan fingerprint density at radius 3 is 2.19 bits per heavy atom. The molecule has 1 saturated carbocycles. The molecule has 1 N–H and O–H groups in total. The van der Waals surface area contributed by atoms with Crippen molar-refractivity contribution < 1.29 is 39.1 Å². The van der Waals surface area contributed by atoms with E-state index >= 15 is 0 Å². The second-order valence-electron chi connectivity index (χ2n) is 7.48. The Morgan fingerprint density at radius 2 is 1.53 bits per heavy atom. The second kappa shape index (κ2) is 10.4. The number of hydrogen-bond acceptors (Lipinski definition) is 4. The van der Waals surface area contributed by atoms with Crippen LogP contribution in [0.15, 0.2) is 84.4 Å². The maximum Gasteiger partial charge on any atom is 1.00 e. The van der Waals surface area contributed by atoms with E-state index in [9.17, 15) is 4.79 Å². The van der Waals surface area contributed by atoms with E-state index in [4.69, 9.17) is 4.74 Å². The summed E-state index contributed by atoms with van der Waals surface area (Å²) >= 11 is 1.38. The number of benzene rings is 3. The van der Waals surface area contributed by atoms with Crippen molar-refractivity contribution in [3.63, 3.8) is 0 Å². The number of rotatable bonds is 6. The van der Waals surface area contributed by atoms with Gasteiger partial charge in [0.15, 0.2) is 0 Å². The minimum absolute atomic E-state index is 0. The average Bonchev–Trinajstić information content (AvgIpc) is 3.58. The molecule has 0 saturated heterocycles. The van der Waals surface area contributed by atoms with Gasteiger partial charge in [-0.15, -0.1) is 23.5 Å². The van der Waals surface area contributed by atoms with Gasteiger partial charge < -0.3 is 4.74 Å². The summed E-state index contributed by atoms with van der Waals surface area (Å²) in [5, 5.41) is 3.50. The van der Waals surface area contributed by atoms with Crippen LogP contribution in [0.4, 0.5) is 9.80 Å². The summed E-state index contributed by atoms with van der Waals surface area (Å²) in [4.78, 5) is 16.7. The van der Waals surface area contributed by atoms with Gasteiger partial charge in [0.25, 0.3) is 0 Å². The molecule has 4 aromatic rings. The maximum atomic E-state index is 12.2. The van der Waals surface area contributed by atoms with E-state index < -0.39 is 6.09 Å². The van der Waals surface area contributed by atoms with Crippen molar-refractivity contribution in [3.05, 3.63) is 101 Å². The van der Waals surface area contributed by atoms with Gasteiger partial charge in [0.1, 0.15) is 17.3 Å². The van der Waals surface area contributed by atoms with Crippen LogP contribution in [0.2, 0.25) is 0 Å². The van der Waals surface area contributed by atoms with Crippen LogP contribution in [-0.4, -0.2) is 11.1 Å². The Hall–Kier alpha value is -2.57. The average molecular weight is 449 g/mol. The van der Waals surface area contributed by atoms with E-state index in [0.29, 0.717) is 5.00 Å². The monoisotopic (exact) mass is 448 g/mol. The fourth-order valence-electron chi connectivity index (χ4n) is 3.46. The molecule has 1 amide bonds. The third-order valence-electron chi connectivity index (χ3n) is 5.28. The largest absolute Gasteiger partial charge is 1.00 e. The first kappa shape index (κ1) is 22.6. The van der Waals surface area contributed by atoms with Crippen molar-refractivity contribution in [1.82, 2.24) is 4.98 Å². The summed E-state index contributed by atoms with van der Waals surface area (Å²) in [6.07, 6.45) is 1.98. The molecule has 4 nitrogen and oxygen atoms in total. The van der Waals surface area contributed by atoms with Crippen LogP contribution in [0.25, 0.3) is 22.4 Å². The van der Waals surface area contributed by atoms with Crippen LogP contribution < -0.4 is 34.9 Å². The predicted octanol–water partition coefficient (Wildman–Crippen LogP) is 3.95. The number of anilines is 1. The van der Waals surface area contributed by atoms with Crippen LogP contribution >= 0.6 is 11.3 Å². The summed E-state index contributed by atoms with van der Waals surface area (Å²) in [5.74, 6) is 1.55. The first-order chi connectivity index (χ1) is 15.3. The molecule has 0 unspecified atom stereocenters. The zero-order chi connectivity index (χ0) is 21.0. The minimum Gasteiger partial charge on any atom is -0.444 e. The first-order valence-electron chi connectivity index (χ1n) is 10.2. The molecule has 6 heteroatoms. The van der Waals surface area contributed by atoms with Gasteiger partial charge in [-0.05, 0) is 16.7 Å². The summed E-state index contributed by atoms with van der Waals surface area (Å²) in [7, 11) is 0. The van der Waals surface area contributed by atoms with Gasteiger partial charge in [-0.3, -0.25) is 5.32 Å². The van der Waals surface area contributed by atoms with Crippen molar-refractivity contribution >= 4 is 22.4 Å². The van der Waals surface area contributed by atoms with Crippen molar-refractivity contribution in [2.24, 2.45) is 0 Å². The number of nitrogens with one attached hydrogen (secondary N) is 1. The Kier molecular flexibility index (Phi) is 7.33. The zero-order valence-corrected chi connectivity index (χ0v) is 20.7. The molecule has 154 valence electrons. The Labute approximate surface area is 214 Å². The van der Waals surface area contributed by atoms with Crippen LogP contribution in [0.5, 0.6) is 0 Å². The predicted molar refractivity (Wildman–Crippen MR) is 125 cm³/mol. The summed E-state index contributed by atoms with van der Waals surface area (Å²) in [5.41, 5.74) is 8.08. The normalized spacial score (nSPS) is 12.1. The van der Waals surface area contributed by atoms with Crippen LogP contribution in [0.1, 0.15) is 24.0 Å². The van der Waals surface area contributed by atoms with Gasteiger partial charge >= 0.3 is 35.7 Å². The summed E-state index contributed by atoms with van der Waals surface area (Å²) < 4.78 is 5.33. The third-order valence-corrected chi connectivity index (χ3v) is 6.02. The molecule has 32 heavy (non-hydrogen) atoms. The van der Waals surface area contributed by atoms with E-state index in [-0.39, 0.29) is 36.2 Å². The molecule has 5 rings (SSSR count). The second-order valence-corrected chi connectivity index (χ2v) is 8.33. The topological polar surface area (TPSA) is 51.2 Å². The van der Waals surface area contributed by atoms with E-state index in [1.54, 1.807) is 11.4 Å². The molecule has 3 aromatic carbocycles. The van der Waals surface area contributed by atoms with Gasteiger partial charge in [-0.2, -0.15) is 23.6 Å². The fourth-order valence-corrected chi connectivity index (χ4v) is 4.15. The number of amides is 1. The van der Waals surface area contributed by atoms with Crippen LogP contribution in [0.3, 0.4) is 0 Å². The van der Waals surface area contributed by atoms with Crippen molar-refractivity contribution in [2.75, 3.05) is 5.32 Å². The van der Waals surface area contributed by atoms with Crippen LogP contribution in [-0.2, 0) is 11.3 Å². The SMILES string of the molecule is O=C(Nc1scnc1-c1ccc(-c2ccc([C-]3CC3)cc2)cc1)OCc1ccccc1.[Na+]. The molecule has 1 fully saturated rings. The number of nitrogens with zero attached hydrogens (tertiary/aromatic N) is 1. The van der Waals surface area contributed by atoms with Gasteiger partial charge in [-0.25, -0.2) is 9.78 Å². The molecule has 1 aromatic heterocycles.